The van der Waals surface area contributed by atoms with E-state index in [0.717, 1.165) is 32.5 Å². The third-order valence-corrected chi connectivity index (χ3v) is 3.20. The molecule has 0 bridgehead atoms. The first-order chi connectivity index (χ1) is 7.54. The number of rotatable bonds is 4. The molecule has 0 aromatic carbocycles. The van der Waals surface area contributed by atoms with E-state index in [0.29, 0.717) is 5.92 Å². The lowest BCUT2D eigenvalue weighted by Gasteiger charge is -2.37. The van der Waals surface area contributed by atoms with Crippen molar-refractivity contribution in [2.45, 2.75) is 45.7 Å². The van der Waals surface area contributed by atoms with Gasteiger partial charge in [-0.25, -0.2) is 0 Å². The number of nitrogens with one attached hydrogen (secondary N) is 1. The Morgan fingerprint density at radius 2 is 2.25 bits per heavy atom. The van der Waals surface area contributed by atoms with Gasteiger partial charge >= 0.3 is 0 Å². The lowest BCUT2D eigenvalue weighted by atomic mass is 9.95. The Morgan fingerprint density at radius 1 is 1.56 bits per heavy atom. The van der Waals surface area contributed by atoms with E-state index in [1.165, 1.54) is 0 Å². The summed E-state index contributed by atoms with van der Waals surface area (Å²) < 4.78 is 0. The highest BCUT2D eigenvalue weighted by Gasteiger charge is 2.28. The maximum Gasteiger partial charge on any atom is 0.237 e. The summed E-state index contributed by atoms with van der Waals surface area (Å²) >= 11 is 0. The Bertz CT molecular complexity index is 222. The van der Waals surface area contributed by atoms with E-state index in [1.807, 2.05) is 6.92 Å². The minimum atomic E-state index is -0.0552. The molecular formula is C12H25N3O. The van der Waals surface area contributed by atoms with Crippen LogP contribution in [-0.4, -0.2) is 42.5 Å². The van der Waals surface area contributed by atoms with E-state index < -0.39 is 0 Å². The number of piperidine rings is 1. The zero-order chi connectivity index (χ0) is 12.1. The van der Waals surface area contributed by atoms with E-state index in [-0.39, 0.29) is 18.0 Å². The molecule has 3 unspecified atom stereocenters. The molecule has 1 fully saturated rings. The van der Waals surface area contributed by atoms with Gasteiger partial charge in [-0.2, -0.15) is 0 Å². The molecule has 1 aliphatic rings. The molecule has 4 nitrogen and oxygen atoms in total. The second-order valence-corrected chi connectivity index (χ2v) is 5.02. The molecule has 0 radical (unpaired) electrons. The lowest BCUT2D eigenvalue weighted by molar-refractivity contribution is -0.126. The van der Waals surface area contributed by atoms with Crippen molar-refractivity contribution >= 4 is 5.91 Å². The fourth-order valence-electron chi connectivity index (χ4n) is 2.32. The van der Waals surface area contributed by atoms with Crippen LogP contribution < -0.4 is 11.1 Å². The number of carbonyl (C=O) groups excluding carboxylic acids is 1. The van der Waals surface area contributed by atoms with E-state index >= 15 is 0 Å². The summed E-state index contributed by atoms with van der Waals surface area (Å²) in [6.07, 6.45) is 2.05. The number of carbonyl (C=O) groups is 1. The van der Waals surface area contributed by atoms with Gasteiger partial charge in [0.25, 0.3) is 0 Å². The topological polar surface area (TPSA) is 58.4 Å². The predicted octanol–water partition coefficient (Wildman–Crippen LogP) is 0.570. The number of amides is 1. The summed E-state index contributed by atoms with van der Waals surface area (Å²) in [4.78, 5) is 14.0. The predicted molar refractivity (Wildman–Crippen MR) is 66.1 cm³/mol. The Morgan fingerprint density at radius 3 is 2.81 bits per heavy atom. The molecule has 1 heterocycles. The third kappa shape index (κ3) is 3.76. The summed E-state index contributed by atoms with van der Waals surface area (Å²) in [7, 11) is 0. The van der Waals surface area contributed by atoms with Crippen molar-refractivity contribution in [1.82, 2.24) is 10.2 Å². The molecule has 1 rings (SSSR count). The Labute approximate surface area is 98.6 Å². The van der Waals surface area contributed by atoms with Crippen LogP contribution in [0.25, 0.3) is 0 Å². The molecule has 0 spiro atoms. The van der Waals surface area contributed by atoms with Crippen molar-refractivity contribution in [3.8, 4) is 0 Å². The van der Waals surface area contributed by atoms with E-state index in [1.54, 1.807) is 0 Å². The molecule has 1 saturated heterocycles. The number of nitrogens with zero attached hydrogens (tertiary/aromatic N) is 1. The minimum absolute atomic E-state index is 0.0552. The first-order valence-electron chi connectivity index (χ1n) is 6.32. The molecule has 94 valence electrons. The number of hydrogen-bond acceptors (Lipinski definition) is 3. The highest BCUT2D eigenvalue weighted by atomic mass is 16.2. The molecule has 0 aliphatic carbocycles. The van der Waals surface area contributed by atoms with Crippen molar-refractivity contribution in [3.63, 3.8) is 0 Å². The van der Waals surface area contributed by atoms with Gasteiger partial charge in [-0.3, -0.25) is 9.69 Å². The van der Waals surface area contributed by atoms with Crippen molar-refractivity contribution < 1.29 is 4.79 Å². The van der Waals surface area contributed by atoms with Crippen molar-refractivity contribution in [3.05, 3.63) is 0 Å². The normalized spacial score (nSPS) is 28.8. The average molecular weight is 227 g/mol. The minimum Gasteiger partial charge on any atom is -0.355 e. The Balaban J connectivity index is 2.45. The van der Waals surface area contributed by atoms with Crippen molar-refractivity contribution in [2.75, 3.05) is 19.6 Å². The zero-order valence-electron chi connectivity index (χ0n) is 10.7. The summed E-state index contributed by atoms with van der Waals surface area (Å²) in [6.45, 7) is 8.81. The quantitative estimate of drug-likeness (QED) is 0.738. The fourth-order valence-corrected chi connectivity index (χ4v) is 2.32. The maximum atomic E-state index is 11.8. The third-order valence-electron chi connectivity index (χ3n) is 3.20. The molecule has 1 amide bonds. The first kappa shape index (κ1) is 13.5. The van der Waals surface area contributed by atoms with Crippen molar-refractivity contribution in [2.24, 2.45) is 11.7 Å². The number of likely N-dealkylation sites (tertiary alicyclic amines) is 1. The Hall–Kier alpha value is -0.610. The molecule has 0 saturated carbocycles. The molecule has 3 atom stereocenters. The van der Waals surface area contributed by atoms with Crippen molar-refractivity contribution in [1.29, 1.82) is 0 Å². The van der Waals surface area contributed by atoms with Gasteiger partial charge in [-0.05, 0) is 25.7 Å². The molecule has 16 heavy (non-hydrogen) atoms. The number of hydrogen-bond donors (Lipinski definition) is 2. The van der Waals surface area contributed by atoms with E-state index in [2.05, 4.69) is 24.1 Å². The van der Waals surface area contributed by atoms with Crippen LogP contribution >= 0.6 is 0 Å². The summed E-state index contributed by atoms with van der Waals surface area (Å²) in [6, 6.07) is 0.158. The van der Waals surface area contributed by atoms with Gasteiger partial charge in [0.15, 0.2) is 0 Å². The molecule has 3 N–H and O–H groups in total. The largest absolute Gasteiger partial charge is 0.355 e. The van der Waals surface area contributed by atoms with Crippen LogP contribution in [0.3, 0.4) is 0 Å². The summed E-state index contributed by atoms with van der Waals surface area (Å²) in [5.74, 6) is 0.716. The molecule has 4 heteroatoms. The lowest BCUT2D eigenvalue weighted by Crippen LogP contribution is -2.54. The van der Waals surface area contributed by atoms with E-state index in [4.69, 9.17) is 5.73 Å². The van der Waals surface area contributed by atoms with Gasteiger partial charge in [0.2, 0.25) is 5.91 Å². The fraction of sp³-hybridized carbons (Fsp3) is 0.917. The van der Waals surface area contributed by atoms with Crippen LogP contribution in [0.5, 0.6) is 0 Å². The standard InChI is InChI=1S/C12H25N3O/c1-4-5-14-12(16)10(3)15-7-9(2)6-11(13)8-15/h9-11H,4-8,13H2,1-3H3,(H,14,16). The molecule has 0 aromatic heterocycles. The molecular weight excluding hydrogens is 202 g/mol. The van der Waals surface area contributed by atoms with Gasteiger partial charge in [0.1, 0.15) is 0 Å². The molecule has 1 aliphatic heterocycles. The van der Waals surface area contributed by atoms with Gasteiger partial charge in [-0.1, -0.05) is 13.8 Å². The van der Waals surface area contributed by atoms with Gasteiger partial charge in [0.05, 0.1) is 6.04 Å². The second-order valence-electron chi connectivity index (χ2n) is 5.02. The van der Waals surface area contributed by atoms with Crippen LogP contribution in [0.4, 0.5) is 0 Å². The van der Waals surface area contributed by atoms with Crippen LogP contribution in [0.15, 0.2) is 0 Å². The van der Waals surface area contributed by atoms with E-state index in [9.17, 15) is 4.79 Å². The average Bonchev–Trinajstić information content (AvgIpc) is 2.23. The Kier molecular flexibility index (Phi) is 5.22. The highest BCUT2D eigenvalue weighted by molar-refractivity contribution is 5.81. The highest BCUT2D eigenvalue weighted by Crippen LogP contribution is 2.17. The first-order valence-corrected chi connectivity index (χ1v) is 6.32. The van der Waals surface area contributed by atoms with Crippen LogP contribution in [0.1, 0.15) is 33.6 Å². The molecule has 0 aromatic rings. The summed E-state index contributed by atoms with van der Waals surface area (Å²) in [5.41, 5.74) is 5.98. The summed E-state index contributed by atoms with van der Waals surface area (Å²) in [5, 5.41) is 2.94. The van der Waals surface area contributed by atoms with Gasteiger partial charge in [-0.15, -0.1) is 0 Å². The smallest absolute Gasteiger partial charge is 0.237 e. The zero-order valence-corrected chi connectivity index (χ0v) is 10.7. The number of nitrogens with two attached hydrogens (primary N) is 1. The van der Waals surface area contributed by atoms with Gasteiger partial charge < -0.3 is 11.1 Å². The second kappa shape index (κ2) is 6.21. The van der Waals surface area contributed by atoms with Crippen LogP contribution in [0, 0.1) is 5.92 Å². The monoisotopic (exact) mass is 227 g/mol. The van der Waals surface area contributed by atoms with Crippen LogP contribution in [-0.2, 0) is 4.79 Å². The van der Waals surface area contributed by atoms with Gasteiger partial charge in [0, 0.05) is 25.7 Å². The van der Waals surface area contributed by atoms with Crippen LogP contribution in [0.2, 0.25) is 0 Å². The maximum absolute atomic E-state index is 11.8. The SMILES string of the molecule is CCCNC(=O)C(C)N1CC(C)CC(N)C1.